The van der Waals surface area contributed by atoms with E-state index >= 15 is 0 Å². The number of hydrogen-bond acceptors (Lipinski definition) is 3. The maximum Gasteiger partial charge on any atom is 0.407 e. The molecule has 4 heteroatoms. The second-order valence-corrected chi connectivity index (χ2v) is 4.56. The van der Waals surface area contributed by atoms with Gasteiger partial charge in [-0.3, -0.25) is 0 Å². The largest absolute Gasteiger partial charge is 0.449 e. The van der Waals surface area contributed by atoms with Crippen molar-refractivity contribution in [1.82, 2.24) is 5.32 Å². The zero-order valence-electron chi connectivity index (χ0n) is 11.5. The molecule has 1 aromatic rings. The zero-order chi connectivity index (χ0) is 14.1. The molecule has 0 aliphatic carbocycles. The molecule has 0 saturated heterocycles. The van der Waals surface area contributed by atoms with E-state index in [0.717, 1.165) is 18.3 Å². The van der Waals surface area contributed by atoms with Crippen LogP contribution in [0.5, 0.6) is 0 Å². The third kappa shape index (κ3) is 5.55. The summed E-state index contributed by atoms with van der Waals surface area (Å²) < 4.78 is 5.06. The Labute approximate surface area is 114 Å². The molecule has 19 heavy (non-hydrogen) atoms. The van der Waals surface area contributed by atoms with Gasteiger partial charge in [0, 0.05) is 6.42 Å². The summed E-state index contributed by atoms with van der Waals surface area (Å²) in [6.07, 6.45) is 1.72. The second-order valence-electron chi connectivity index (χ2n) is 4.56. The standard InChI is InChI=1S/C15H21NO3/c1-3-12(2)14(11-17)16-15(18)19-10-9-13-7-5-4-6-8-13/h4-8,11-12,14H,3,9-10H2,1-2H3,(H,16,18)/t12-,14+/m0/s1. The highest BCUT2D eigenvalue weighted by Gasteiger charge is 2.17. The molecule has 0 unspecified atom stereocenters. The molecule has 0 aliphatic rings. The number of hydrogen-bond donors (Lipinski definition) is 1. The van der Waals surface area contributed by atoms with Gasteiger partial charge >= 0.3 is 6.09 Å². The summed E-state index contributed by atoms with van der Waals surface area (Å²) in [5, 5.41) is 2.57. The van der Waals surface area contributed by atoms with Crippen LogP contribution in [0.25, 0.3) is 0 Å². The highest BCUT2D eigenvalue weighted by Crippen LogP contribution is 2.06. The van der Waals surface area contributed by atoms with Gasteiger partial charge in [-0.25, -0.2) is 4.79 Å². The Morgan fingerprint density at radius 3 is 2.63 bits per heavy atom. The van der Waals surface area contributed by atoms with Crippen LogP contribution >= 0.6 is 0 Å². The van der Waals surface area contributed by atoms with Crippen LogP contribution in [0.2, 0.25) is 0 Å². The van der Waals surface area contributed by atoms with Crippen molar-refractivity contribution in [2.24, 2.45) is 5.92 Å². The number of rotatable bonds is 7. The first-order valence-corrected chi connectivity index (χ1v) is 6.59. The van der Waals surface area contributed by atoms with Crippen molar-refractivity contribution < 1.29 is 14.3 Å². The van der Waals surface area contributed by atoms with Crippen LogP contribution in [0.15, 0.2) is 30.3 Å². The number of nitrogens with one attached hydrogen (secondary N) is 1. The number of carbonyl (C=O) groups excluding carboxylic acids is 2. The highest BCUT2D eigenvalue weighted by atomic mass is 16.5. The molecule has 104 valence electrons. The van der Waals surface area contributed by atoms with Crippen LogP contribution in [0.3, 0.4) is 0 Å². The SMILES string of the molecule is CC[C@H](C)[C@@H](C=O)NC(=O)OCCc1ccccc1. The molecule has 0 bridgehead atoms. The summed E-state index contributed by atoms with van der Waals surface area (Å²) in [5.74, 6) is 0.110. The Morgan fingerprint density at radius 1 is 1.37 bits per heavy atom. The molecular formula is C15H21NO3. The van der Waals surface area contributed by atoms with Crippen molar-refractivity contribution >= 4 is 12.4 Å². The lowest BCUT2D eigenvalue weighted by atomic mass is 10.0. The molecule has 0 aliphatic heterocycles. The lowest BCUT2D eigenvalue weighted by molar-refractivity contribution is -0.110. The number of ether oxygens (including phenoxy) is 1. The Hall–Kier alpha value is -1.84. The van der Waals surface area contributed by atoms with E-state index in [0.29, 0.717) is 13.0 Å². The summed E-state index contributed by atoms with van der Waals surface area (Å²) in [5.41, 5.74) is 1.11. The minimum Gasteiger partial charge on any atom is -0.449 e. The van der Waals surface area contributed by atoms with Crippen LogP contribution in [0.1, 0.15) is 25.8 Å². The van der Waals surface area contributed by atoms with E-state index in [2.05, 4.69) is 5.32 Å². The van der Waals surface area contributed by atoms with Gasteiger partial charge in [0.25, 0.3) is 0 Å². The van der Waals surface area contributed by atoms with Gasteiger partial charge in [0.1, 0.15) is 6.29 Å². The van der Waals surface area contributed by atoms with Crippen LogP contribution in [-0.2, 0) is 16.0 Å². The molecule has 2 atom stereocenters. The molecule has 0 radical (unpaired) electrons. The van der Waals surface area contributed by atoms with Gasteiger partial charge in [-0.2, -0.15) is 0 Å². The molecule has 0 aromatic heterocycles. The van der Waals surface area contributed by atoms with Crippen molar-refractivity contribution in [3.63, 3.8) is 0 Å². The minimum absolute atomic E-state index is 0.110. The van der Waals surface area contributed by atoms with Gasteiger partial charge in [-0.15, -0.1) is 0 Å². The van der Waals surface area contributed by atoms with Gasteiger partial charge in [-0.05, 0) is 11.5 Å². The fraction of sp³-hybridized carbons (Fsp3) is 0.467. The van der Waals surface area contributed by atoms with Gasteiger partial charge < -0.3 is 14.8 Å². The first-order chi connectivity index (χ1) is 9.17. The average Bonchev–Trinajstić information content (AvgIpc) is 2.45. The Morgan fingerprint density at radius 2 is 2.05 bits per heavy atom. The zero-order valence-corrected chi connectivity index (χ0v) is 11.5. The normalized spacial score (nSPS) is 13.4. The lowest BCUT2D eigenvalue weighted by Crippen LogP contribution is -2.40. The first kappa shape index (κ1) is 15.2. The summed E-state index contributed by atoms with van der Waals surface area (Å²) in [6.45, 7) is 4.20. The molecule has 0 spiro atoms. The molecule has 1 aromatic carbocycles. The Bertz CT molecular complexity index is 392. The van der Waals surface area contributed by atoms with Crippen LogP contribution in [0.4, 0.5) is 4.79 Å². The Balaban J connectivity index is 2.29. The summed E-state index contributed by atoms with van der Waals surface area (Å²) in [7, 11) is 0. The highest BCUT2D eigenvalue weighted by molar-refractivity contribution is 5.73. The van der Waals surface area contributed by atoms with Gasteiger partial charge in [0.05, 0.1) is 12.6 Å². The summed E-state index contributed by atoms with van der Waals surface area (Å²) in [6, 6.07) is 9.32. The van der Waals surface area contributed by atoms with Crippen molar-refractivity contribution in [3.8, 4) is 0 Å². The fourth-order valence-corrected chi connectivity index (χ4v) is 1.65. The van der Waals surface area contributed by atoms with E-state index in [4.69, 9.17) is 4.74 Å². The maximum absolute atomic E-state index is 11.5. The van der Waals surface area contributed by atoms with Gasteiger partial charge in [0.2, 0.25) is 0 Å². The molecule has 1 N–H and O–H groups in total. The van der Waals surface area contributed by atoms with E-state index in [-0.39, 0.29) is 5.92 Å². The van der Waals surface area contributed by atoms with E-state index in [1.807, 2.05) is 44.2 Å². The predicted molar refractivity (Wildman–Crippen MR) is 73.9 cm³/mol. The minimum atomic E-state index is -0.534. The third-order valence-electron chi connectivity index (χ3n) is 3.15. The fourth-order valence-electron chi connectivity index (χ4n) is 1.65. The van der Waals surface area contributed by atoms with Crippen LogP contribution in [-0.4, -0.2) is 25.0 Å². The maximum atomic E-state index is 11.5. The van der Waals surface area contributed by atoms with Gasteiger partial charge in [-0.1, -0.05) is 50.6 Å². The van der Waals surface area contributed by atoms with Crippen LogP contribution in [0, 0.1) is 5.92 Å². The number of carbonyl (C=O) groups is 2. The first-order valence-electron chi connectivity index (χ1n) is 6.59. The van der Waals surface area contributed by atoms with E-state index in [9.17, 15) is 9.59 Å². The van der Waals surface area contributed by atoms with E-state index in [1.54, 1.807) is 0 Å². The second kappa shape index (κ2) is 8.29. The summed E-state index contributed by atoms with van der Waals surface area (Å²) in [4.78, 5) is 22.4. The smallest absolute Gasteiger partial charge is 0.407 e. The molecule has 0 saturated carbocycles. The van der Waals surface area contributed by atoms with Crippen molar-refractivity contribution in [2.45, 2.75) is 32.7 Å². The average molecular weight is 263 g/mol. The molecule has 1 amide bonds. The number of alkyl carbamates (subject to hydrolysis) is 1. The third-order valence-corrected chi connectivity index (χ3v) is 3.15. The lowest BCUT2D eigenvalue weighted by Gasteiger charge is -2.18. The molecular weight excluding hydrogens is 242 g/mol. The van der Waals surface area contributed by atoms with E-state index in [1.165, 1.54) is 0 Å². The number of amides is 1. The number of aldehydes is 1. The molecule has 1 rings (SSSR count). The monoisotopic (exact) mass is 263 g/mol. The molecule has 0 heterocycles. The molecule has 4 nitrogen and oxygen atoms in total. The predicted octanol–water partition coefficient (Wildman–Crippen LogP) is 2.57. The topological polar surface area (TPSA) is 55.4 Å². The van der Waals surface area contributed by atoms with Crippen LogP contribution < -0.4 is 5.32 Å². The van der Waals surface area contributed by atoms with E-state index < -0.39 is 12.1 Å². The quantitative estimate of drug-likeness (QED) is 0.769. The number of benzene rings is 1. The van der Waals surface area contributed by atoms with Gasteiger partial charge in [0.15, 0.2) is 0 Å². The molecule has 0 fully saturated rings. The van der Waals surface area contributed by atoms with Crippen molar-refractivity contribution in [2.75, 3.05) is 6.61 Å². The summed E-state index contributed by atoms with van der Waals surface area (Å²) >= 11 is 0. The van der Waals surface area contributed by atoms with Crippen molar-refractivity contribution in [1.29, 1.82) is 0 Å². The van der Waals surface area contributed by atoms with Crippen molar-refractivity contribution in [3.05, 3.63) is 35.9 Å². The Kier molecular flexibility index (Phi) is 6.64.